The fourth-order valence-corrected chi connectivity index (χ4v) is 8.80. The van der Waals surface area contributed by atoms with Gasteiger partial charge in [0.05, 0.1) is 28.9 Å². The predicted octanol–water partition coefficient (Wildman–Crippen LogP) is 6.31. The van der Waals surface area contributed by atoms with Crippen molar-refractivity contribution in [3.63, 3.8) is 0 Å². The molecule has 2 aliphatic heterocycles. The second kappa shape index (κ2) is 12.0. The van der Waals surface area contributed by atoms with Gasteiger partial charge in [-0.15, -0.1) is 6.58 Å². The first-order chi connectivity index (χ1) is 23.1. The molecule has 0 radical (unpaired) electrons. The number of nitrogens with zero attached hydrogens (tertiary/aromatic N) is 2. The van der Waals surface area contributed by atoms with E-state index in [1.165, 1.54) is 29.2 Å². The third-order valence-electron chi connectivity index (χ3n) is 10.6. The summed E-state index contributed by atoms with van der Waals surface area (Å²) in [6.45, 7) is 6.05. The Morgan fingerprint density at radius 1 is 1.00 bits per heavy atom. The van der Waals surface area contributed by atoms with E-state index in [9.17, 15) is 23.9 Å². The van der Waals surface area contributed by atoms with E-state index >= 15 is 4.79 Å². The van der Waals surface area contributed by atoms with Crippen LogP contribution in [0.25, 0.3) is 0 Å². The van der Waals surface area contributed by atoms with Crippen LogP contribution in [0.15, 0.2) is 91.0 Å². The van der Waals surface area contributed by atoms with Crippen LogP contribution in [0.5, 0.6) is 5.75 Å². The standard InChI is InChI=1S/C38H35ClFN3O5/c1-3-6-21-7-5-8-28(33(21)44)32-26-17-18-27-31(36(47)42(19-4-2)34(27)45)29(26)20-30-35(46)43(41-25-15-13-24(40)14-16-25)37(48)38(30,32)22-9-11-23(39)12-10-22/h3,5,7-17,27,29-32,41,44H,1,4,6,18-20H2,2H3. The molecule has 2 N–H and O–H groups in total. The molecule has 48 heavy (non-hydrogen) atoms. The molecule has 0 bridgehead atoms. The van der Waals surface area contributed by atoms with E-state index in [-0.39, 0.29) is 24.0 Å². The number of hydrogen-bond donors (Lipinski definition) is 2. The zero-order valence-corrected chi connectivity index (χ0v) is 27.1. The van der Waals surface area contributed by atoms with E-state index in [1.807, 2.05) is 13.0 Å². The molecule has 246 valence electrons. The van der Waals surface area contributed by atoms with Gasteiger partial charge in [0.2, 0.25) is 11.8 Å². The Bertz CT molecular complexity index is 1880. The van der Waals surface area contributed by atoms with Crippen LogP contribution in [-0.4, -0.2) is 45.2 Å². The summed E-state index contributed by atoms with van der Waals surface area (Å²) in [5.41, 5.74) is 4.01. The quantitative estimate of drug-likeness (QED) is 0.216. The molecule has 2 aliphatic carbocycles. The lowest BCUT2D eigenvalue weighted by Gasteiger charge is -2.50. The summed E-state index contributed by atoms with van der Waals surface area (Å²) < 4.78 is 13.8. The number of carbonyl (C=O) groups is 4. The summed E-state index contributed by atoms with van der Waals surface area (Å²) in [6.07, 6.45) is 5.04. The van der Waals surface area contributed by atoms with Crippen LogP contribution in [-0.2, 0) is 31.0 Å². The number of phenols is 1. The lowest BCUT2D eigenvalue weighted by Crippen LogP contribution is -2.53. The van der Waals surface area contributed by atoms with Crippen molar-refractivity contribution in [2.24, 2.45) is 23.7 Å². The monoisotopic (exact) mass is 667 g/mol. The topological polar surface area (TPSA) is 107 Å². The van der Waals surface area contributed by atoms with Gasteiger partial charge >= 0.3 is 0 Å². The Hall–Kier alpha value is -4.76. The van der Waals surface area contributed by atoms with E-state index in [4.69, 9.17) is 11.6 Å². The van der Waals surface area contributed by atoms with Crippen LogP contribution in [0.3, 0.4) is 0 Å². The lowest BCUT2D eigenvalue weighted by molar-refractivity contribution is -0.141. The van der Waals surface area contributed by atoms with Crippen LogP contribution < -0.4 is 5.43 Å². The number of aromatic hydroxyl groups is 1. The number of halogens is 2. The normalized spacial score (nSPS) is 27.8. The van der Waals surface area contributed by atoms with E-state index in [1.54, 1.807) is 48.5 Å². The van der Waals surface area contributed by atoms with Crippen molar-refractivity contribution in [3.05, 3.63) is 119 Å². The minimum atomic E-state index is -1.57. The smallest absolute Gasteiger partial charge is 0.260 e. The van der Waals surface area contributed by atoms with Gasteiger partial charge in [-0.2, -0.15) is 5.01 Å². The second-order valence-electron chi connectivity index (χ2n) is 13.0. The zero-order valence-electron chi connectivity index (χ0n) is 26.4. The minimum absolute atomic E-state index is 0.0233. The summed E-state index contributed by atoms with van der Waals surface area (Å²) in [5.74, 6) is -5.71. The Morgan fingerprint density at radius 2 is 1.73 bits per heavy atom. The molecule has 8 nitrogen and oxygen atoms in total. The van der Waals surface area contributed by atoms with Crippen molar-refractivity contribution in [2.75, 3.05) is 12.0 Å². The molecule has 0 spiro atoms. The number of para-hydroxylation sites is 1. The summed E-state index contributed by atoms with van der Waals surface area (Å²) in [5, 5.41) is 13.3. The van der Waals surface area contributed by atoms with Crippen molar-refractivity contribution in [1.82, 2.24) is 9.91 Å². The van der Waals surface area contributed by atoms with E-state index in [0.717, 1.165) is 10.6 Å². The van der Waals surface area contributed by atoms with Crippen LogP contribution >= 0.6 is 11.6 Å². The van der Waals surface area contributed by atoms with Gasteiger partial charge < -0.3 is 5.11 Å². The van der Waals surface area contributed by atoms with Crippen LogP contribution in [0.2, 0.25) is 5.02 Å². The molecule has 4 aliphatic rings. The molecule has 10 heteroatoms. The van der Waals surface area contributed by atoms with E-state index in [0.29, 0.717) is 53.2 Å². The third kappa shape index (κ3) is 4.62. The molecule has 7 rings (SSSR count). The zero-order chi connectivity index (χ0) is 33.9. The number of likely N-dealkylation sites (tertiary alicyclic amines) is 1. The van der Waals surface area contributed by atoms with Crippen LogP contribution in [0.4, 0.5) is 10.1 Å². The molecule has 2 saturated heterocycles. The molecule has 1 saturated carbocycles. The SMILES string of the molecule is C=CCc1cccc(C2C3=CCC4C(=O)N(CCC)C(=O)C4C3CC3C(=O)N(Nc4ccc(F)cc4)C(=O)C32c2ccc(Cl)cc2)c1O. The number of anilines is 1. The molecule has 6 unspecified atom stereocenters. The van der Waals surface area contributed by atoms with Gasteiger partial charge in [0, 0.05) is 23.0 Å². The third-order valence-corrected chi connectivity index (χ3v) is 10.9. The highest BCUT2D eigenvalue weighted by Crippen LogP contribution is 2.65. The number of rotatable bonds is 8. The summed E-state index contributed by atoms with van der Waals surface area (Å²) in [7, 11) is 0. The highest BCUT2D eigenvalue weighted by Gasteiger charge is 2.70. The molecule has 6 atom stereocenters. The van der Waals surface area contributed by atoms with Gasteiger partial charge in [-0.05, 0) is 79.1 Å². The van der Waals surface area contributed by atoms with E-state index < -0.39 is 52.6 Å². The number of fused-ring (bicyclic) bond motifs is 4. The number of amides is 4. The fraction of sp³-hybridized carbons (Fsp3) is 0.316. The first-order valence-electron chi connectivity index (χ1n) is 16.3. The molecule has 3 aromatic rings. The van der Waals surface area contributed by atoms with Crippen molar-refractivity contribution in [1.29, 1.82) is 0 Å². The Morgan fingerprint density at radius 3 is 2.42 bits per heavy atom. The number of hydrogen-bond acceptors (Lipinski definition) is 6. The van der Waals surface area contributed by atoms with Crippen molar-refractivity contribution in [2.45, 2.75) is 43.9 Å². The molecule has 0 aromatic heterocycles. The lowest BCUT2D eigenvalue weighted by atomic mass is 9.49. The number of hydrazine groups is 1. The first kappa shape index (κ1) is 31.8. The van der Waals surface area contributed by atoms with Gasteiger partial charge in [0.15, 0.2) is 0 Å². The first-order valence-corrected chi connectivity index (χ1v) is 16.6. The van der Waals surface area contributed by atoms with Crippen molar-refractivity contribution >= 4 is 40.9 Å². The maximum Gasteiger partial charge on any atom is 0.260 e. The van der Waals surface area contributed by atoms with Gasteiger partial charge in [0.25, 0.3) is 11.8 Å². The summed E-state index contributed by atoms with van der Waals surface area (Å²) in [6, 6.07) is 17.5. The van der Waals surface area contributed by atoms with Gasteiger partial charge in [-0.25, -0.2) is 4.39 Å². The van der Waals surface area contributed by atoms with Crippen LogP contribution in [0, 0.1) is 29.5 Å². The predicted molar refractivity (Wildman–Crippen MR) is 178 cm³/mol. The summed E-state index contributed by atoms with van der Waals surface area (Å²) >= 11 is 6.34. The van der Waals surface area contributed by atoms with Crippen molar-refractivity contribution < 1.29 is 28.7 Å². The van der Waals surface area contributed by atoms with Gasteiger partial charge in [-0.1, -0.05) is 66.6 Å². The maximum atomic E-state index is 15.2. The highest BCUT2D eigenvalue weighted by atomic mass is 35.5. The average molecular weight is 668 g/mol. The van der Waals surface area contributed by atoms with Crippen molar-refractivity contribution in [3.8, 4) is 5.75 Å². The molecular weight excluding hydrogens is 633 g/mol. The number of imide groups is 2. The Balaban J connectivity index is 1.48. The van der Waals surface area contributed by atoms with Crippen LogP contribution in [0.1, 0.15) is 48.8 Å². The minimum Gasteiger partial charge on any atom is -0.507 e. The fourth-order valence-electron chi connectivity index (χ4n) is 8.67. The number of nitrogens with one attached hydrogen (secondary N) is 1. The highest BCUT2D eigenvalue weighted by molar-refractivity contribution is 6.30. The Kier molecular flexibility index (Phi) is 7.98. The molecule has 3 fully saturated rings. The molecule has 4 amide bonds. The largest absolute Gasteiger partial charge is 0.507 e. The number of carbonyl (C=O) groups excluding carboxylic acids is 4. The Labute approximate surface area is 282 Å². The number of allylic oxidation sites excluding steroid dienone is 3. The number of benzene rings is 3. The number of phenolic OH excluding ortho intramolecular Hbond substituents is 1. The average Bonchev–Trinajstić information content (AvgIpc) is 3.44. The van der Waals surface area contributed by atoms with Gasteiger partial charge in [0.1, 0.15) is 11.6 Å². The molecule has 3 aromatic carbocycles. The molecule has 2 heterocycles. The molecular formula is C38H35ClFN3O5. The maximum absolute atomic E-state index is 15.2. The summed E-state index contributed by atoms with van der Waals surface area (Å²) in [4.78, 5) is 58.7. The van der Waals surface area contributed by atoms with E-state index in [2.05, 4.69) is 12.0 Å². The van der Waals surface area contributed by atoms with Gasteiger partial charge in [-0.3, -0.25) is 29.5 Å². The second-order valence-corrected chi connectivity index (χ2v) is 13.5.